The number of rotatable bonds is 1. The SMILES string of the molecule is N#Cc1ccc(-n2c(N)nc3ccc(F)cc32)c(F)c1. The van der Waals surface area contributed by atoms with E-state index in [-0.39, 0.29) is 17.2 Å². The minimum Gasteiger partial charge on any atom is -0.369 e. The van der Waals surface area contributed by atoms with Crippen molar-refractivity contribution in [2.45, 2.75) is 0 Å². The maximum atomic E-state index is 14.1. The van der Waals surface area contributed by atoms with Gasteiger partial charge in [-0.1, -0.05) is 0 Å². The minimum absolute atomic E-state index is 0.0502. The fraction of sp³-hybridized carbons (Fsp3) is 0. The molecule has 1 aromatic heterocycles. The van der Waals surface area contributed by atoms with Gasteiger partial charge in [0.25, 0.3) is 0 Å². The number of nitrogen functional groups attached to an aromatic ring is 1. The summed E-state index contributed by atoms with van der Waals surface area (Å²) >= 11 is 0. The van der Waals surface area contributed by atoms with E-state index in [1.54, 1.807) is 0 Å². The second kappa shape index (κ2) is 4.31. The topological polar surface area (TPSA) is 67.6 Å². The molecular formula is C14H8F2N4. The molecule has 0 amide bonds. The molecule has 0 saturated carbocycles. The van der Waals surface area contributed by atoms with Crippen molar-refractivity contribution in [3.05, 3.63) is 53.6 Å². The van der Waals surface area contributed by atoms with Crippen LogP contribution in [0.2, 0.25) is 0 Å². The van der Waals surface area contributed by atoms with Gasteiger partial charge in [-0.05, 0) is 30.3 Å². The van der Waals surface area contributed by atoms with Crippen LogP contribution in [-0.2, 0) is 0 Å². The normalized spacial score (nSPS) is 10.7. The average Bonchev–Trinajstić information content (AvgIpc) is 2.74. The van der Waals surface area contributed by atoms with Crippen molar-refractivity contribution in [3.8, 4) is 11.8 Å². The third-order valence-electron chi connectivity index (χ3n) is 2.96. The number of halogens is 2. The van der Waals surface area contributed by atoms with Crippen molar-refractivity contribution >= 4 is 17.0 Å². The zero-order valence-electron chi connectivity index (χ0n) is 10.1. The molecule has 6 heteroatoms. The first kappa shape index (κ1) is 12.1. The van der Waals surface area contributed by atoms with Crippen LogP contribution in [0.3, 0.4) is 0 Å². The molecule has 0 fully saturated rings. The Labute approximate surface area is 112 Å². The molecule has 0 atom stereocenters. The van der Waals surface area contributed by atoms with Gasteiger partial charge < -0.3 is 5.73 Å². The molecule has 0 unspecified atom stereocenters. The lowest BCUT2D eigenvalue weighted by Crippen LogP contribution is -2.03. The highest BCUT2D eigenvalue weighted by molar-refractivity contribution is 5.81. The molecule has 2 aromatic carbocycles. The molecule has 3 aromatic rings. The lowest BCUT2D eigenvalue weighted by molar-refractivity contribution is 0.618. The molecule has 20 heavy (non-hydrogen) atoms. The van der Waals surface area contributed by atoms with Crippen molar-refractivity contribution in [3.63, 3.8) is 0 Å². The fourth-order valence-electron chi connectivity index (χ4n) is 2.08. The molecule has 1 heterocycles. The first-order chi connectivity index (χ1) is 9.60. The number of anilines is 1. The van der Waals surface area contributed by atoms with Crippen LogP contribution in [0.4, 0.5) is 14.7 Å². The van der Waals surface area contributed by atoms with Gasteiger partial charge in [0, 0.05) is 6.07 Å². The Bertz CT molecular complexity index is 861. The van der Waals surface area contributed by atoms with Gasteiger partial charge in [-0.2, -0.15) is 5.26 Å². The molecule has 2 N–H and O–H groups in total. The predicted molar refractivity (Wildman–Crippen MR) is 70.1 cm³/mol. The maximum Gasteiger partial charge on any atom is 0.206 e. The van der Waals surface area contributed by atoms with E-state index < -0.39 is 11.6 Å². The maximum absolute atomic E-state index is 14.1. The minimum atomic E-state index is -0.626. The summed E-state index contributed by atoms with van der Waals surface area (Å²) in [5, 5.41) is 8.74. The molecule has 0 bridgehead atoms. The van der Waals surface area contributed by atoms with Crippen molar-refractivity contribution < 1.29 is 8.78 Å². The summed E-state index contributed by atoms with van der Waals surface area (Å²) in [5.74, 6) is -1.04. The number of hydrogen-bond acceptors (Lipinski definition) is 3. The van der Waals surface area contributed by atoms with Gasteiger partial charge in [-0.25, -0.2) is 13.8 Å². The summed E-state index contributed by atoms with van der Waals surface area (Å²) in [7, 11) is 0. The van der Waals surface area contributed by atoms with Crippen LogP contribution in [0.25, 0.3) is 16.7 Å². The van der Waals surface area contributed by atoms with Crippen molar-refractivity contribution in [1.29, 1.82) is 5.26 Å². The van der Waals surface area contributed by atoms with E-state index in [0.29, 0.717) is 11.0 Å². The van der Waals surface area contributed by atoms with E-state index in [0.717, 1.165) is 6.07 Å². The lowest BCUT2D eigenvalue weighted by atomic mass is 10.2. The van der Waals surface area contributed by atoms with Crippen LogP contribution in [-0.4, -0.2) is 9.55 Å². The van der Waals surface area contributed by atoms with Gasteiger partial charge in [0.1, 0.15) is 11.6 Å². The summed E-state index contributed by atoms with van der Waals surface area (Å²) < 4.78 is 28.7. The van der Waals surface area contributed by atoms with Gasteiger partial charge in [-0.15, -0.1) is 0 Å². The third-order valence-corrected chi connectivity index (χ3v) is 2.96. The Morgan fingerprint density at radius 1 is 1.15 bits per heavy atom. The standard InChI is InChI=1S/C14H8F2N4/c15-9-2-3-11-13(6-9)20(14(18)19-11)12-4-1-8(7-17)5-10(12)16/h1-6H,(H2,18,19). The quantitative estimate of drug-likeness (QED) is 0.739. The second-order valence-electron chi connectivity index (χ2n) is 4.22. The van der Waals surface area contributed by atoms with Crippen LogP contribution >= 0.6 is 0 Å². The molecule has 0 aliphatic rings. The monoisotopic (exact) mass is 270 g/mol. The lowest BCUT2D eigenvalue weighted by Gasteiger charge is -2.08. The highest BCUT2D eigenvalue weighted by atomic mass is 19.1. The Kier molecular flexibility index (Phi) is 2.61. The molecular weight excluding hydrogens is 262 g/mol. The zero-order valence-corrected chi connectivity index (χ0v) is 10.1. The molecule has 98 valence electrons. The van der Waals surface area contributed by atoms with Gasteiger partial charge in [0.15, 0.2) is 0 Å². The van der Waals surface area contributed by atoms with Crippen LogP contribution in [0.15, 0.2) is 36.4 Å². The Morgan fingerprint density at radius 3 is 2.65 bits per heavy atom. The molecule has 0 aliphatic carbocycles. The van der Waals surface area contributed by atoms with E-state index in [4.69, 9.17) is 11.0 Å². The van der Waals surface area contributed by atoms with Gasteiger partial charge in [-0.3, -0.25) is 4.57 Å². The summed E-state index contributed by atoms with van der Waals surface area (Å²) in [6.07, 6.45) is 0. The van der Waals surface area contributed by atoms with Crippen LogP contribution in [0.1, 0.15) is 5.56 Å². The van der Waals surface area contributed by atoms with Gasteiger partial charge in [0.2, 0.25) is 5.95 Å². The van der Waals surface area contributed by atoms with E-state index in [1.165, 1.54) is 34.9 Å². The number of nitriles is 1. The summed E-state index contributed by atoms with van der Waals surface area (Å²) in [6, 6.07) is 9.78. The van der Waals surface area contributed by atoms with Gasteiger partial charge >= 0.3 is 0 Å². The van der Waals surface area contributed by atoms with E-state index in [9.17, 15) is 8.78 Å². The summed E-state index contributed by atoms with van der Waals surface area (Å²) in [4.78, 5) is 4.06. The number of aromatic nitrogens is 2. The fourth-order valence-corrected chi connectivity index (χ4v) is 2.08. The van der Waals surface area contributed by atoms with E-state index >= 15 is 0 Å². The summed E-state index contributed by atoms with van der Waals surface area (Å²) in [6.45, 7) is 0. The van der Waals surface area contributed by atoms with Crippen molar-refractivity contribution in [1.82, 2.24) is 9.55 Å². The zero-order chi connectivity index (χ0) is 14.3. The van der Waals surface area contributed by atoms with Crippen LogP contribution < -0.4 is 5.73 Å². The molecule has 4 nitrogen and oxygen atoms in total. The Balaban J connectivity index is 2.32. The Morgan fingerprint density at radius 2 is 1.95 bits per heavy atom. The highest BCUT2D eigenvalue weighted by Crippen LogP contribution is 2.25. The van der Waals surface area contributed by atoms with E-state index in [1.807, 2.05) is 6.07 Å². The van der Waals surface area contributed by atoms with Crippen molar-refractivity contribution in [2.24, 2.45) is 0 Å². The first-order valence-electron chi connectivity index (χ1n) is 5.73. The van der Waals surface area contributed by atoms with E-state index in [2.05, 4.69) is 4.98 Å². The predicted octanol–water partition coefficient (Wildman–Crippen LogP) is 2.76. The second-order valence-corrected chi connectivity index (χ2v) is 4.22. The van der Waals surface area contributed by atoms with Crippen molar-refractivity contribution in [2.75, 3.05) is 5.73 Å². The molecule has 3 rings (SSSR count). The molecule has 0 saturated heterocycles. The highest BCUT2D eigenvalue weighted by Gasteiger charge is 2.14. The van der Waals surface area contributed by atoms with Crippen LogP contribution in [0, 0.1) is 23.0 Å². The summed E-state index contributed by atoms with van der Waals surface area (Å²) in [5.41, 5.74) is 6.92. The number of hydrogen-bond donors (Lipinski definition) is 1. The average molecular weight is 270 g/mol. The number of benzene rings is 2. The number of imidazole rings is 1. The first-order valence-corrected chi connectivity index (χ1v) is 5.73. The number of fused-ring (bicyclic) bond motifs is 1. The number of nitrogens with two attached hydrogens (primary N) is 1. The smallest absolute Gasteiger partial charge is 0.206 e. The molecule has 0 spiro atoms. The Hall–Kier alpha value is -2.94. The largest absolute Gasteiger partial charge is 0.369 e. The molecule has 0 radical (unpaired) electrons. The third kappa shape index (κ3) is 1.77. The van der Waals surface area contributed by atoms with Crippen LogP contribution in [0.5, 0.6) is 0 Å². The molecule has 0 aliphatic heterocycles. The van der Waals surface area contributed by atoms with Gasteiger partial charge in [0.05, 0.1) is 28.4 Å². The number of nitrogens with zero attached hydrogens (tertiary/aromatic N) is 3.